The Labute approximate surface area is 252 Å². The Morgan fingerprint density at radius 2 is 1.12 bits per heavy atom. The van der Waals surface area contributed by atoms with Crippen LogP contribution in [0.1, 0.15) is 0 Å². The van der Waals surface area contributed by atoms with E-state index in [1.807, 2.05) is 23.5 Å². The number of benzene rings is 7. The Kier molecular flexibility index (Phi) is 5.40. The van der Waals surface area contributed by atoms with Gasteiger partial charge in [-0.1, -0.05) is 103 Å². The van der Waals surface area contributed by atoms with Gasteiger partial charge in [-0.3, -0.25) is 0 Å². The van der Waals surface area contributed by atoms with Crippen LogP contribution in [0.4, 0.5) is 17.1 Å². The van der Waals surface area contributed by atoms with Crippen LogP contribution in [-0.2, 0) is 0 Å². The van der Waals surface area contributed by atoms with Crippen molar-refractivity contribution >= 4 is 81.3 Å². The van der Waals surface area contributed by atoms with Crippen LogP contribution < -0.4 is 4.90 Å². The highest BCUT2D eigenvalue weighted by atomic mass is 32.1. The van der Waals surface area contributed by atoms with Gasteiger partial charge in [0.25, 0.3) is 0 Å². The summed E-state index contributed by atoms with van der Waals surface area (Å²) in [5, 5.41) is 7.52. The number of hydrogen-bond acceptors (Lipinski definition) is 3. The van der Waals surface area contributed by atoms with Crippen LogP contribution >= 0.6 is 11.3 Å². The van der Waals surface area contributed by atoms with E-state index in [4.69, 9.17) is 4.42 Å². The van der Waals surface area contributed by atoms with E-state index in [9.17, 15) is 0 Å². The maximum Gasteiger partial charge on any atom is 0.159 e. The predicted octanol–water partition coefficient (Wildman–Crippen LogP) is 12.2. The molecule has 7 aromatic carbocycles. The molecule has 0 radical (unpaired) electrons. The average Bonchev–Trinajstić information content (AvgIpc) is 3.64. The van der Waals surface area contributed by atoms with Crippen molar-refractivity contribution in [1.82, 2.24) is 0 Å². The molecule has 202 valence electrons. The van der Waals surface area contributed by atoms with Crippen molar-refractivity contribution < 1.29 is 4.42 Å². The maximum atomic E-state index is 6.47. The Balaban J connectivity index is 1.23. The molecule has 2 nitrogen and oxygen atoms in total. The molecule has 0 aliphatic rings. The van der Waals surface area contributed by atoms with Gasteiger partial charge in [-0.2, -0.15) is 0 Å². The molecule has 0 unspecified atom stereocenters. The summed E-state index contributed by atoms with van der Waals surface area (Å²) in [7, 11) is 0. The van der Waals surface area contributed by atoms with Gasteiger partial charge in [-0.25, -0.2) is 0 Å². The first-order chi connectivity index (χ1) is 21.3. The van der Waals surface area contributed by atoms with Gasteiger partial charge in [-0.05, 0) is 70.4 Å². The molecule has 43 heavy (non-hydrogen) atoms. The van der Waals surface area contributed by atoms with Gasteiger partial charge in [0.1, 0.15) is 5.58 Å². The third-order valence-electron chi connectivity index (χ3n) is 8.46. The fourth-order valence-corrected chi connectivity index (χ4v) is 7.69. The number of furan rings is 1. The number of nitrogens with zero attached hydrogens (tertiary/aromatic N) is 1. The maximum absolute atomic E-state index is 6.47. The van der Waals surface area contributed by atoms with Crippen LogP contribution in [0.3, 0.4) is 0 Å². The summed E-state index contributed by atoms with van der Waals surface area (Å²) in [5.41, 5.74) is 7.43. The van der Waals surface area contributed by atoms with E-state index in [-0.39, 0.29) is 0 Å². The minimum Gasteiger partial charge on any atom is -0.454 e. The van der Waals surface area contributed by atoms with Gasteiger partial charge in [0.2, 0.25) is 0 Å². The fraction of sp³-hybridized carbons (Fsp3) is 0. The zero-order valence-corrected chi connectivity index (χ0v) is 24.0. The van der Waals surface area contributed by atoms with Crippen LogP contribution in [0.15, 0.2) is 156 Å². The number of para-hydroxylation sites is 3. The van der Waals surface area contributed by atoms with E-state index in [0.29, 0.717) is 0 Å². The van der Waals surface area contributed by atoms with Gasteiger partial charge >= 0.3 is 0 Å². The zero-order valence-electron chi connectivity index (χ0n) is 23.2. The highest BCUT2D eigenvalue weighted by molar-refractivity contribution is 7.26. The first-order valence-electron chi connectivity index (χ1n) is 14.5. The van der Waals surface area contributed by atoms with Crippen molar-refractivity contribution in [2.24, 2.45) is 0 Å². The summed E-state index contributed by atoms with van der Waals surface area (Å²) >= 11 is 1.87. The number of rotatable bonds is 4. The normalized spacial score (nSPS) is 11.7. The van der Waals surface area contributed by atoms with E-state index in [2.05, 4.69) is 144 Å². The molecule has 2 heterocycles. The second-order valence-corrected chi connectivity index (χ2v) is 12.0. The SMILES string of the molecule is c1ccc(N(c2ccc(-c3cc4sc5ccccc5c4c4ccccc34)cc2)c2cccc3c2oc2ccccc23)cc1. The summed E-state index contributed by atoms with van der Waals surface area (Å²) in [6.07, 6.45) is 0. The molecular formula is C40H25NOS. The summed E-state index contributed by atoms with van der Waals surface area (Å²) in [5.74, 6) is 0. The minimum atomic E-state index is 0.887. The minimum absolute atomic E-state index is 0.887. The summed E-state index contributed by atoms with van der Waals surface area (Å²) in [4.78, 5) is 2.29. The van der Waals surface area contributed by atoms with Crippen molar-refractivity contribution in [3.05, 3.63) is 152 Å². The molecule has 0 saturated carbocycles. The topological polar surface area (TPSA) is 16.4 Å². The van der Waals surface area contributed by atoms with E-state index in [0.717, 1.165) is 39.0 Å². The number of thiophene rings is 1. The van der Waals surface area contributed by atoms with Crippen molar-refractivity contribution in [3.8, 4) is 11.1 Å². The summed E-state index contributed by atoms with van der Waals surface area (Å²) in [6.45, 7) is 0. The van der Waals surface area contributed by atoms with Crippen LogP contribution in [0, 0.1) is 0 Å². The van der Waals surface area contributed by atoms with Gasteiger partial charge in [0, 0.05) is 42.3 Å². The Bertz CT molecular complexity index is 2450. The smallest absolute Gasteiger partial charge is 0.159 e. The first kappa shape index (κ1) is 24.2. The second kappa shape index (κ2) is 9.59. The lowest BCUT2D eigenvalue weighted by Gasteiger charge is -2.25. The second-order valence-electron chi connectivity index (χ2n) is 10.9. The lowest BCUT2D eigenvalue weighted by molar-refractivity contribution is 0.669. The molecular weight excluding hydrogens is 543 g/mol. The first-order valence-corrected chi connectivity index (χ1v) is 15.3. The van der Waals surface area contributed by atoms with Crippen molar-refractivity contribution in [2.45, 2.75) is 0 Å². The largest absolute Gasteiger partial charge is 0.454 e. The molecule has 0 fully saturated rings. The molecule has 0 aliphatic heterocycles. The Morgan fingerprint density at radius 3 is 1.95 bits per heavy atom. The number of anilines is 3. The molecule has 0 spiro atoms. The third kappa shape index (κ3) is 3.79. The van der Waals surface area contributed by atoms with Crippen LogP contribution in [0.2, 0.25) is 0 Å². The Morgan fingerprint density at radius 1 is 0.465 bits per heavy atom. The molecule has 0 atom stereocenters. The number of hydrogen-bond donors (Lipinski definition) is 0. The monoisotopic (exact) mass is 567 g/mol. The summed E-state index contributed by atoms with van der Waals surface area (Å²) in [6, 6.07) is 54.1. The average molecular weight is 568 g/mol. The van der Waals surface area contributed by atoms with E-state index >= 15 is 0 Å². The zero-order chi connectivity index (χ0) is 28.3. The lowest BCUT2D eigenvalue weighted by atomic mass is 9.95. The van der Waals surface area contributed by atoms with E-state index in [1.165, 1.54) is 42.1 Å². The predicted molar refractivity (Wildman–Crippen MR) is 184 cm³/mol. The quantitative estimate of drug-likeness (QED) is 0.210. The lowest BCUT2D eigenvalue weighted by Crippen LogP contribution is -2.10. The van der Waals surface area contributed by atoms with Crippen molar-refractivity contribution in [3.63, 3.8) is 0 Å². The fourth-order valence-electron chi connectivity index (χ4n) is 6.53. The molecule has 0 N–H and O–H groups in total. The molecule has 0 amide bonds. The molecule has 2 aromatic heterocycles. The highest BCUT2D eigenvalue weighted by Gasteiger charge is 2.19. The van der Waals surface area contributed by atoms with E-state index in [1.54, 1.807) is 0 Å². The van der Waals surface area contributed by atoms with Gasteiger partial charge in [0.05, 0.1) is 5.69 Å². The molecule has 9 rings (SSSR count). The van der Waals surface area contributed by atoms with Crippen molar-refractivity contribution in [1.29, 1.82) is 0 Å². The molecule has 9 aromatic rings. The molecule has 0 aliphatic carbocycles. The van der Waals surface area contributed by atoms with Gasteiger partial charge < -0.3 is 9.32 Å². The number of fused-ring (bicyclic) bond motifs is 8. The van der Waals surface area contributed by atoms with Crippen LogP contribution in [0.5, 0.6) is 0 Å². The van der Waals surface area contributed by atoms with E-state index < -0.39 is 0 Å². The standard InChI is InChI=1S/C40H25NOS/c1-2-11-27(12-3-1)41(35-18-10-17-32-30-14-6-8-19-36(30)42-40(32)35)28-23-21-26(22-24-28)34-25-38-39(31-15-5-4-13-29(31)34)33-16-7-9-20-37(33)43-38/h1-25H. The van der Waals surface area contributed by atoms with Crippen LogP contribution in [-0.4, -0.2) is 0 Å². The molecule has 0 bridgehead atoms. The van der Waals surface area contributed by atoms with Gasteiger partial charge in [0.15, 0.2) is 5.58 Å². The highest BCUT2D eigenvalue weighted by Crippen LogP contribution is 2.45. The molecule has 3 heteroatoms. The van der Waals surface area contributed by atoms with Crippen LogP contribution in [0.25, 0.3) is 64.0 Å². The molecule has 0 saturated heterocycles. The third-order valence-corrected chi connectivity index (χ3v) is 9.58. The van der Waals surface area contributed by atoms with Crippen molar-refractivity contribution in [2.75, 3.05) is 4.90 Å². The summed E-state index contributed by atoms with van der Waals surface area (Å²) < 4.78 is 9.12. The Hall–Kier alpha value is -5.38. The van der Waals surface area contributed by atoms with Gasteiger partial charge in [-0.15, -0.1) is 11.3 Å².